The largest absolute Gasteiger partial charge is 0.0591 e. The van der Waals surface area contributed by atoms with Gasteiger partial charge in [-0.15, -0.1) is 0 Å². The van der Waals surface area contributed by atoms with Gasteiger partial charge in [-0.25, -0.2) is 0 Å². The van der Waals surface area contributed by atoms with Crippen molar-refractivity contribution in [3.05, 3.63) is 142 Å². The quantitative estimate of drug-likeness (QED) is 0.235. The highest BCUT2D eigenvalue weighted by Gasteiger charge is 2.57. The minimum absolute atomic E-state index is 0.598. The van der Waals surface area contributed by atoms with E-state index in [1.165, 1.54) is 85.6 Å². The van der Waals surface area contributed by atoms with Crippen LogP contribution in [0.2, 0.25) is 0 Å². The molecule has 0 aromatic heterocycles. The molecule has 0 heteroatoms. The van der Waals surface area contributed by atoms with Crippen LogP contribution in [0.4, 0.5) is 0 Å². The van der Waals surface area contributed by atoms with E-state index in [-0.39, 0.29) is 0 Å². The van der Waals surface area contributed by atoms with E-state index in [0.717, 1.165) is 23.7 Å². The lowest BCUT2D eigenvalue weighted by atomic mass is 9.92. The Morgan fingerprint density at radius 1 is 0.452 bits per heavy atom. The van der Waals surface area contributed by atoms with Crippen molar-refractivity contribution >= 4 is 0 Å². The van der Waals surface area contributed by atoms with Crippen LogP contribution in [-0.4, -0.2) is 0 Å². The zero-order chi connectivity index (χ0) is 29.1. The predicted octanol–water partition coefficient (Wildman–Crippen LogP) is 11.9. The number of aryl methyl sites for hydroxylation is 4. The molecule has 4 fully saturated rings. The van der Waals surface area contributed by atoms with E-state index in [1.54, 1.807) is 16.7 Å². The van der Waals surface area contributed by atoms with Gasteiger partial charge in [0.05, 0.1) is 0 Å². The second-order valence-corrected chi connectivity index (χ2v) is 14.1. The Labute approximate surface area is 255 Å². The van der Waals surface area contributed by atoms with E-state index in [0.29, 0.717) is 5.41 Å². The Bertz CT molecular complexity index is 1400. The van der Waals surface area contributed by atoms with E-state index >= 15 is 0 Å². The third-order valence-electron chi connectivity index (χ3n) is 10.7. The number of benzene rings is 4. The topological polar surface area (TPSA) is 0 Å². The standard InChI is InChI=1S/C30H32.C8H10.C4H8/c1-20-3-7-22(8-4-20)26-15-16-30(18-26)19-29(30)25-13-11-24(12-14-25)28-17-27(28)23-9-5-21(2)6-10-23;1-7-3-5-8(2)6-4-7;1-2-4-3-1/h3-14,26-29H,15-19H2,1-2H3;3-6H,1-2H3;1-4H2. The molecule has 0 N–H and O–H groups in total. The van der Waals surface area contributed by atoms with Crippen LogP contribution in [0.25, 0.3) is 0 Å². The second-order valence-electron chi connectivity index (χ2n) is 14.1. The third kappa shape index (κ3) is 6.91. The van der Waals surface area contributed by atoms with Gasteiger partial charge in [-0.1, -0.05) is 145 Å². The molecule has 0 aliphatic heterocycles. The fourth-order valence-corrected chi connectivity index (χ4v) is 7.21. The number of hydrogen-bond donors (Lipinski definition) is 0. The minimum atomic E-state index is 0.598. The number of rotatable bonds is 4. The van der Waals surface area contributed by atoms with Crippen molar-refractivity contribution in [3.8, 4) is 0 Å². The summed E-state index contributed by atoms with van der Waals surface area (Å²) in [5.41, 5.74) is 12.2. The smallest absolute Gasteiger partial charge is 0.00868 e. The van der Waals surface area contributed by atoms with Gasteiger partial charge in [-0.2, -0.15) is 0 Å². The molecule has 1 spiro atoms. The molecule has 4 saturated carbocycles. The first-order chi connectivity index (χ1) is 20.4. The summed E-state index contributed by atoms with van der Waals surface area (Å²) < 4.78 is 0. The lowest BCUT2D eigenvalue weighted by Crippen LogP contribution is -1.99. The molecular weight excluding hydrogens is 504 g/mol. The molecule has 0 nitrogen and oxygen atoms in total. The van der Waals surface area contributed by atoms with Gasteiger partial charge in [0, 0.05) is 0 Å². The molecular formula is C42H50. The van der Waals surface area contributed by atoms with E-state index in [1.807, 2.05) is 0 Å². The summed E-state index contributed by atoms with van der Waals surface area (Å²) in [6, 6.07) is 36.7. The van der Waals surface area contributed by atoms with Crippen LogP contribution in [0, 0.1) is 33.1 Å². The zero-order valence-electron chi connectivity index (χ0n) is 26.4. The Hall–Kier alpha value is -3.12. The van der Waals surface area contributed by atoms with Gasteiger partial charge in [-0.3, -0.25) is 0 Å². The van der Waals surface area contributed by atoms with Crippen molar-refractivity contribution in [2.24, 2.45) is 5.41 Å². The zero-order valence-corrected chi connectivity index (χ0v) is 26.4. The summed E-state index contributed by atoms with van der Waals surface area (Å²) in [6.07, 6.45) is 12.9. The Morgan fingerprint density at radius 3 is 1.29 bits per heavy atom. The highest BCUT2D eigenvalue weighted by molar-refractivity contribution is 5.41. The molecule has 4 aromatic carbocycles. The van der Waals surface area contributed by atoms with Gasteiger partial charge in [0.1, 0.15) is 0 Å². The van der Waals surface area contributed by atoms with Crippen LogP contribution < -0.4 is 0 Å². The highest BCUT2D eigenvalue weighted by Crippen LogP contribution is 2.70. The fraction of sp³-hybridized carbons (Fsp3) is 0.429. The van der Waals surface area contributed by atoms with Crippen molar-refractivity contribution in [2.45, 2.75) is 109 Å². The molecule has 4 aliphatic rings. The molecule has 5 unspecified atom stereocenters. The molecule has 0 amide bonds. The lowest BCUT2D eigenvalue weighted by molar-refractivity contribution is 0.502. The van der Waals surface area contributed by atoms with Crippen LogP contribution in [0.5, 0.6) is 0 Å². The molecule has 42 heavy (non-hydrogen) atoms. The second kappa shape index (κ2) is 12.6. The van der Waals surface area contributed by atoms with E-state index < -0.39 is 0 Å². The summed E-state index contributed by atoms with van der Waals surface area (Å²) in [5.74, 6) is 3.03. The minimum Gasteiger partial charge on any atom is -0.0591 e. The molecule has 0 heterocycles. The van der Waals surface area contributed by atoms with E-state index in [2.05, 4.69) is 125 Å². The molecule has 0 bridgehead atoms. The van der Waals surface area contributed by atoms with Gasteiger partial charge in [0.25, 0.3) is 0 Å². The van der Waals surface area contributed by atoms with Gasteiger partial charge in [-0.05, 0) is 111 Å². The lowest BCUT2D eigenvalue weighted by Gasteiger charge is -2.13. The fourth-order valence-electron chi connectivity index (χ4n) is 7.21. The van der Waals surface area contributed by atoms with Crippen LogP contribution in [0.1, 0.15) is 126 Å². The number of hydrogen-bond acceptors (Lipinski definition) is 0. The van der Waals surface area contributed by atoms with E-state index in [9.17, 15) is 0 Å². The van der Waals surface area contributed by atoms with Crippen molar-refractivity contribution in [2.75, 3.05) is 0 Å². The highest BCUT2D eigenvalue weighted by atomic mass is 14.6. The summed E-state index contributed by atoms with van der Waals surface area (Å²) in [7, 11) is 0. The molecule has 5 atom stereocenters. The van der Waals surface area contributed by atoms with Crippen molar-refractivity contribution < 1.29 is 0 Å². The first-order valence-electron chi connectivity index (χ1n) is 16.7. The monoisotopic (exact) mass is 554 g/mol. The summed E-state index contributed by atoms with van der Waals surface area (Å²) in [6.45, 7) is 8.55. The first-order valence-corrected chi connectivity index (χ1v) is 16.7. The molecule has 218 valence electrons. The average molecular weight is 555 g/mol. The summed E-state index contributed by atoms with van der Waals surface area (Å²) in [4.78, 5) is 0. The van der Waals surface area contributed by atoms with Crippen molar-refractivity contribution in [3.63, 3.8) is 0 Å². The van der Waals surface area contributed by atoms with Crippen molar-refractivity contribution in [1.29, 1.82) is 0 Å². The molecule has 0 saturated heterocycles. The van der Waals surface area contributed by atoms with E-state index in [4.69, 9.17) is 0 Å². The Kier molecular flexibility index (Phi) is 8.71. The summed E-state index contributed by atoms with van der Waals surface area (Å²) >= 11 is 0. The van der Waals surface area contributed by atoms with Crippen molar-refractivity contribution in [1.82, 2.24) is 0 Å². The molecule has 4 aliphatic carbocycles. The summed E-state index contributed by atoms with van der Waals surface area (Å²) in [5, 5.41) is 0. The maximum Gasteiger partial charge on any atom is -0.00868 e. The normalized spacial score (nSPS) is 26.8. The first kappa shape index (κ1) is 29.0. The Balaban J connectivity index is 0.000000219. The van der Waals surface area contributed by atoms with Gasteiger partial charge in [0.2, 0.25) is 0 Å². The van der Waals surface area contributed by atoms with Gasteiger partial charge < -0.3 is 0 Å². The van der Waals surface area contributed by atoms with Crippen LogP contribution in [0.15, 0.2) is 97.1 Å². The third-order valence-corrected chi connectivity index (χ3v) is 10.7. The van der Waals surface area contributed by atoms with Crippen LogP contribution in [-0.2, 0) is 0 Å². The van der Waals surface area contributed by atoms with Gasteiger partial charge in [0.15, 0.2) is 0 Å². The molecule has 0 radical (unpaired) electrons. The molecule has 8 rings (SSSR count). The molecule has 4 aromatic rings. The van der Waals surface area contributed by atoms with Crippen LogP contribution >= 0.6 is 0 Å². The van der Waals surface area contributed by atoms with Gasteiger partial charge >= 0.3 is 0 Å². The predicted molar refractivity (Wildman–Crippen MR) is 180 cm³/mol. The maximum absolute atomic E-state index is 2.46. The van der Waals surface area contributed by atoms with Crippen LogP contribution in [0.3, 0.4) is 0 Å². The average Bonchev–Trinajstić information content (AvgIpc) is 3.86. The maximum atomic E-state index is 2.46. The Morgan fingerprint density at radius 2 is 0.833 bits per heavy atom. The SMILES string of the molecule is C1CCC1.Cc1ccc(C)cc1.Cc1ccc(C2CCC3(C2)CC3c2ccc(C3CC3c3ccc(C)cc3)cc2)cc1.